The number of hydrogen-bond donors (Lipinski definition) is 1. The zero-order valence-electron chi connectivity index (χ0n) is 11.6. The fraction of sp³-hybridized carbons (Fsp3) is 1.00. The Kier molecular flexibility index (Phi) is 4.48. The lowest BCUT2D eigenvalue weighted by Gasteiger charge is -2.36. The third-order valence-electron chi connectivity index (χ3n) is 5.18. The van der Waals surface area contributed by atoms with Gasteiger partial charge in [-0.3, -0.25) is 4.90 Å². The minimum absolute atomic E-state index is 0.112. The van der Waals surface area contributed by atoms with Crippen LogP contribution in [0.5, 0.6) is 0 Å². The highest BCUT2D eigenvalue weighted by Crippen LogP contribution is 2.37. The maximum atomic E-state index is 9.57. The van der Waals surface area contributed by atoms with Crippen LogP contribution in [0.1, 0.15) is 58.8 Å². The first-order valence-corrected chi connectivity index (χ1v) is 7.53. The first kappa shape index (κ1) is 13.4. The van der Waals surface area contributed by atoms with Gasteiger partial charge in [0.15, 0.2) is 0 Å². The monoisotopic (exact) mass is 239 g/mol. The molecule has 1 N–H and O–H groups in total. The molecular formula is C15H29NO. The average Bonchev–Trinajstić information content (AvgIpc) is 2.98. The van der Waals surface area contributed by atoms with Gasteiger partial charge < -0.3 is 5.11 Å². The zero-order chi connectivity index (χ0) is 12.3. The lowest BCUT2D eigenvalue weighted by atomic mass is 9.86. The second kappa shape index (κ2) is 5.71. The van der Waals surface area contributed by atoms with Crippen LogP contribution >= 0.6 is 0 Å². The predicted molar refractivity (Wildman–Crippen MR) is 72.0 cm³/mol. The van der Waals surface area contributed by atoms with Crippen molar-refractivity contribution in [1.82, 2.24) is 4.90 Å². The van der Waals surface area contributed by atoms with E-state index in [2.05, 4.69) is 18.7 Å². The summed E-state index contributed by atoms with van der Waals surface area (Å²) in [6.45, 7) is 7.13. The Morgan fingerprint density at radius 1 is 1.18 bits per heavy atom. The molecule has 0 bridgehead atoms. The molecule has 1 aliphatic carbocycles. The molecule has 2 aliphatic rings. The van der Waals surface area contributed by atoms with Crippen molar-refractivity contribution in [3.63, 3.8) is 0 Å². The van der Waals surface area contributed by atoms with E-state index in [1.807, 2.05) is 0 Å². The SMILES string of the molecule is CCC(C)(CO)CN1CCCC1C1CCCC1. The Morgan fingerprint density at radius 2 is 1.88 bits per heavy atom. The molecule has 0 aromatic carbocycles. The molecule has 1 aliphatic heterocycles. The van der Waals surface area contributed by atoms with Gasteiger partial charge in [0.1, 0.15) is 0 Å². The normalized spacial score (nSPS) is 30.9. The van der Waals surface area contributed by atoms with Crippen LogP contribution in [-0.2, 0) is 0 Å². The highest BCUT2D eigenvalue weighted by molar-refractivity contribution is 4.90. The van der Waals surface area contributed by atoms with Crippen molar-refractivity contribution in [2.24, 2.45) is 11.3 Å². The van der Waals surface area contributed by atoms with Crippen LogP contribution in [0.4, 0.5) is 0 Å². The number of aliphatic hydroxyl groups excluding tert-OH is 1. The topological polar surface area (TPSA) is 23.5 Å². The van der Waals surface area contributed by atoms with E-state index in [-0.39, 0.29) is 5.41 Å². The van der Waals surface area contributed by atoms with Gasteiger partial charge in [0.2, 0.25) is 0 Å². The van der Waals surface area contributed by atoms with Gasteiger partial charge in [-0.05, 0) is 44.6 Å². The Hall–Kier alpha value is -0.0800. The van der Waals surface area contributed by atoms with E-state index in [0.717, 1.165) is 24.9 Å². The number of hydrogen-bond acceptors (Lipinski definition) is 2. The quantitative estimate of drug-likeness (QED) is 0.797. The fourth-order valence-electron chi connectivity index (χ4n) is 3.69. The summed E-state index contributed by atoms with van der Waals surface area (Å²) in [4.78, 5) is 2.69. The second-order valence-corrected chi connectivity index (χ2v) is 6.55. The Bertz CT molecular complexity index is 231. The maximum absolute atomic E-state index is 9.57. The third kappa shape index (κ3) is 3.03. The minimum Gasteiger partial charge on any atom is -0.396 e. The van der Waals surface area contributed by atoms with Crippen molar-refractivity contribution in [2.75, 3.05) is 19.7 Å². The Labute approximate surface area is 106 Å². The van der Waals surface area contributed by atoms with Gasteiger partial charge in [0.25, 0.3) is 0 Å². The molecule has 2 atom stereocenters. The van der Waals surface area contributed by atoms with E-state index in [1.54, 1.807) is 0 Å². The summed E-state index contributed by atoms with van der Waals surface area (Å²) in [5.41, 5.74) is 0.112. The number of nitrogens with zero attached hydrogens (tertiary/aromatic N) is 1. The molecular weight excluding hydrogens is 210 g/mol. The van der Waals surface area contributed by atoms with Crippen molar-refractivity contribution in [3.8, 4) is 0 Å². The molecule has 17 heavy (non-hydrogen) atoms. The van der Waals surface area contributed by atoms with Crippen molar-refractivity contribution >= 4 is 0 Å². The van der Waals surface area contributed by atoms with Gasteiger partial charge in [0.05, 0.1) is 0 Å². The van der Waals surface area contributed by atoms with Gasteiger partial charge in [-0.15, -0.1) is 0 Å². The second-order valence-electron chi connectivity index (χ2n) is 6.55. The van der Waals surface area contributed by atoms with E-state index in [4.69, 9.17) is 0 Å². The first-order chi connectivity index (χ1) is 8.18. The lowest BCUT2D eigenvalue weighted by Crippen LogP contribution is -2.43. The number of aliphatic hydroxyl groups is 1. The molecule has 0 amide bonds. The van der Waals surface area contributed by atoms with Crippen LogP contribution in [-0.4, -0.2) is 35.7 Å². The first-order valence-electron chi connectivity index (χ1n) is 7.53. The Balaban J connectivity index is 1.94. The average molecular weight is 239 g/mol. The smallest absolute Gasteiger partial charge is 0.0496 e. The molecule has 0 aromatic rings. The number of likely N-dealkylation sites (tertiary alicyclic amines) is 1. The van der Waals surface area contributed by atoms with Gasteiger partial charge in [0, 0.05) is 24.6 Å². The van der Waals surface area contributed by atoms with E-state index in [9.17, 15) is 5.11 Å². The third-order valence-corrected chi connectivity index (χ3v) is 5.18. The molecule has 1 saturated heterocycles. The Morgan fingerprint density at radius 3 is 2.47 bits per heavy atom. The summed E-state index contributed by atoms with van der Waals surface area (Å²) in [5.74, 6) is 0.956. The summed E-state index contributed by atoms with van der Waals surface area (Å²) < 4.78 is 0. The molecule has 0 spiro atoms. The lowest BCUT2D eigenvalue weighted by molar-refractivity contribution is 0.0660. The van der Waals surface area contributed by atoms with Crippen LogP contribution in [0.3, 0.4) is 0 Å². The summed E-state index contributed by atoms with van der Waals surface area (Å²) in [5, 5.41) is 9.57. The standard InChI is InChI=1S/C15H29NO/c1-3-15(2,12-17)11-16-10-6-9-14(16)13-7-4-5-8-13/h13-14,17H,3-12H2,1-2H3. The molecule has 2 unspecified atom stereocenters. The van der Waals surface area contributed by atoms with Crippen molar-refractivity contribution < 1.29 is 5.11 Å². The molecule has 1 heterocycles. The summed E-state index contributed by atoms with van der Waals surface area (Å²) >= 11 is 0. The van der Waals surface area contributed by atoms with Crippen LogP contribution in [0.2, 0.25) is 0 Å². The molecule has 100 valence electrons. The fourth-order valence-corrected chi connectivity index (χ4v) is 3.69. The summed E-state index contributed by atoms with van der Waals surface area (Å²) in [7, 11) is 0. The summed E-state index contributed by atoms with van der Waals surface area (Å²) in [6.07, 6.45) is 9.63. The molecule has 0 aromatic heterocycles. The zero-order valence-corrected chi connectivity index (χ0v) is 11.6. The van der Waals surface area contributed by atoms with Crippen LogP contribution in [0.15, 0.2) is 0 Å². The van der Waals surface area contributed by atoms with Gasteiger partial charge in [-0.25, -0.2) is 0 Å². The molecule has 2 nitrogen and oxygen atoms in total. The van der Waals surface area contributed by atoms with E-state index in [1.165, 1.54) is 45.1 Å². The van der Waals surface area contributed by atoms with E-state index in [0.29, 0.717) is 6.61 Å². The molecule has 1 saturated carbocycles. The van der Waals surface area contributed by atoms with Gasteiger partial charge in [-0.2, -0.15) is 0 Å². The van der Waals surface area contributed by atoms with Crippen molar-refractivity contribution in [1.29, 1.82) is 0 Å². The predicted octanol–water partition coefficient (Wildman–Crippen LogP) is 3.05. The molecule has 2 heteroatoms. The molecule has 2 rings (SSSR count). The summed E-state index contributed by atoms with van der Waals surface area (Å²) in [6, 6.07) is 0.829. The molecule has 2 fully saturated rings. The maximum Gasteiger partial charge on any atom is 0.0496 e. The number of rotatable bonds is 5. The van der Waals surface area contributed by atoms with E-state index >= 15 is 0 Å². The largest absolute Gasteiger partial charge is 0.396 e. The van der Waals surface area contributed by atoms with Gasteiger partial charge in [-0.1, -0.05) is 26.7 Å². The van der Waals surface area contributed by atoms with Crippen LogP contribution in [0, 0.1) is 11.3 Å². The van der Waals surface area contributed by atoms with Crippen LogP contribution in [0.25, 0.3) is 0 Å². The highest BCUT2D eigenvalue weighted by Gasteiger charge is 2.36. The van der Waals surface area contributed by atoms with Crippen molar-refractivity contribution in [3.05, 3.63) is 0 Å². The van der Waals surface area contributed by atoms with Gasteiger partial charge >= 0.3 is 0 Å². The van der Waals surface area contributed by atoms with Crippen LogP contribution < -0.4 is 0 Å². The minimum atomic E-state index is 0.112. The van der Waals surface area contributed by atoms with E-state index < -0.39 is 0 Å². The highest BCUT2D eigenvalue weighted by atomic mass is 16.3. The molecule has 0 radical (unpaired) electrons. The van der Waals surface area contributed by atoms with Crippen molar-refractivity contribution in [2.45, 2.75) is 64.8 Å².